The molecule has 8 rings (SSSR count). The van der Waals surface area contributed by atoms with Crippen LogP contribution in [0.15, 0.2) is 131 Å². The Bertz CT molecular complexity index is 2550. The number of nitrogens with zero attached hydrogens (tertiary/aromatic N) is 5. The molecule has 6 aromatic rings. The van der Waals surface area contributed by atoms with Crippen LogP contribution >= 0.6 is 23.4 Å². The number of hydrogen-bond acceptors (Lipinski definition) is 11. The van der Waals surface area contributed by atoms with Gasteiger partial charge in [0.25, 0.3) is 15.7 Å². The number of sulfonamides is 1. The highest BCUT2D eigenvalue weighted by Crippen LogP contribution is 2.34. The van der Waals surface area contributed by atoms with Gasteiger partial charge in [-0.3, -0.25) is 19.7 Å². The van der Waals surface area contributed by atoms with Gasteiger partial charge in [0.2, 0.25) is 0 Å². The first kappa shape index (κ1) is 42.4. The van der Waals surface area contributed by atoms with Gasteiger partial charge in [-0.05, 0) is 103 Å². The lowest BCUT2D eigenvalue weighted by molar-refractivity contribution is -0.384. The Balaban J connectivity index is 0.934. The quantitative estimate of drug-likeness (QED) is 0.0546. The number of piperidine rings is 1. The number of nitrogens with one attached hydrogen (secondary N) is 2. The molecule has 3 heterocycles. The monoisotopic (exact) mass is 877 g/mol. The molecule has 0 amide bonds. The molecule has 0 saturated carbocycles. The highest BCUT2D eigenvalue weighted by Gasteiger charge is 2.26. The molecule has 5 aromatic carbocycles. The Labute approximate surface area is 365 Å². The molecule has 0 radical (unpaired) electrons. The first-order valence-electron chi connectivity index (χ1n) is 20.6. The lowest BCUT2D eigenvalue weighted by atomic mass is 9.87. The number of morpholine rings is 1. The minimum atomic E-state index is -4.27. The maximum Gasteiger partial charge on any atom is 0.293 e. The number of thioether (sulfide) groups is 1. The van der Waals surface area contributed by atoms with Crippen LogP contribution in [0.3, 0.4) is 0 Å². The third-order valence-corrected chi connectivity index (χ3v) is 14.2. The van der Waals surface area contributed by atoms with Crippen molar-refractivity contribution in [2.75, 3.05) is 66.6 Å². The highest BCUT2D eigenvalue weighted by atomic mass is 35.5. The van der Waals surface area contributed by atoms with E-state index in [0.29, 0.717) is 35.8 Å². The molecule has 2 saturated heterocycles. The Hall–Kier alpha value is -5.25. The van der Waals surface area contributed by atoms with Gasteiger partial charge in [-0.2, -0.15) is 0 Å². The molecule has 15 heteroatoms. The van der Waals surface area contributed by atoms with E-state index in [0.717, 1.165) is 85.6 Å². The zero-order chi connectivity index (χ0) is 42.2. The predicted molar refractivity (Wildman–Crippen MR) is 245 cm³/mol. The highest BCUT2D eigenvalue weighted by molar-refractivity contribution is 7.99. The van der Waals surface area contributed by atoms with Crippen molar-refractivity contribution < 1.29 is 18.1 Å². The average molecular weight is 879 g/mol. The van der Waals surface area contributed by atoms with Crippen molar-refractivity contribution in [2.45, 2.75) is 41.5 Å². The number of fused-ring (bicyclic) bond motifs is 1. The van der Waals surface area contributed by atoms with Crippen LogP contribution in [0.25, 0.3) is 22.0 Å². The lowest BCUT2D eigenvalue weighted by Crippen LogP contribution is -2.39. The molecular weight excluding hydrogens is 830 g/mol. The van der Waals surface area contributed by atoms with Crippen LogP contribution < -0.4 is 14.9 Å². The first-order chi connectivity index (χ1) is 29.7. The zero-order valence-electron chi connectivity index (χ0n) is 33.7. The van der Waals surface area contributed by atoms with Crippen molar-refractivity contribution in [3.05, 3.63) is 142 Å². The molecule has 61 heavy (non-hydrogen) atoms. The third-order valence-electron chi connectivity index (χ3n) is 11.4. The fourth-order valence-electron chi connectivity index (χ4n) is 8.07. The van der Waals surface area contributed by atoms with Crippen LogP contribution in [-0.2, 0) is 21.2 Å². The van der Waals surface area contributed by atoms with Crippen molar-refractivity contribution in [3.63, 3.8) is 0 Å². The first-order valence-corrected chi connectivity index (χ1v) is 23.4. The second kappa shape index (κ2) is 19.6. The van der Waals surface area contributed by atoms with E-state index >= 15 is 0 Å². The maximum atomic E-state index is 13.8. The van der Waals surface area contributed by atoms with E-state index in [2.05, 4.69) is 66.2 Å². The van der Waals surface area contributed by atoms with Crippen LogP contribution in [0.5, 0.6) is 0 Å². The fraction of sp³-hybridized carbons (Fsp3) is 0.304. The predicted octanol–water partition coefficient (Wildman–Crippen LogP) is 9.41. The van der Waals surface area contributed by atoms with Crippen LogP contribution in [0.2, 0.25) is 5.02 Å². The van der Waals surface area contributed by atoms with Gasteiger partial charge >= 0.3 is 0 Å². The summed E-state index contributed by atoms with van der Waals surface area (Å²) in [6.07, 6.45) is 5.12. The number of nitro benzene ring substituents is 1. The normalized spacial score (nSPS) is 15.7. The number of anilines is 3. The largest absolute Gasteiger partial charge is 0.379 e. The summed E-state index contributed by atoms with van der Waals surface area (Å²) in [6.45, 7) is 5.60. The second-order valence-corrected chi connectivity index (χ2v) is 18.7. The standard InChI is InChI=1S/C46H48ClN7O5S2/c47-36-12-10-34(11-13-36)41-9-5-4-6-35(41)28-33-18-22-53(23-19-33)38-14-16-42-44(29-38)48-32-49-46(42)51-61(57,58)40-15-17-43(45(30-40)54(55)56)50-37(20-21-52-24-26-59-27-25-52)31-60-39-7-2-1-3-8-39/h1-17,29-30,32-33,37,50H,18-28,31H2,(H,48,49,51)/t37-/m1/s1. The van der Waals surface area contributed by atoms with Crippen LogP contribution in [0.1, 0.15) is 24.8 Å². The van der Waals surface area contributed by atoms with Crippen molar-refractivity contribution in [1.82, 2.24) is 14.9 Å². The smallest absolute Gasteiger partial charge is 0.293 e. The van der Waals surface area contributed by atoms with Gasteiger partial charge < -0.3 is 15.0 Å². The van der Waals surface area contributed by atoms with Crippen molar-refractivity contribution >= 4 is 67.2 Å². The van der Waals surface area contributed by atoms with Crippen LogP contribution in [-0.4, -0.2) is 85.9 Å². The molecule has 2 aliphatic heterocycles. The van der Waals surface area contributed by atoms with E-state index in [-0.39, 0.29) is 28.1 Å². The molecule has 0 bridgehead atoms. The minimum absolute atomic E-state index is 0.0978. The molecule has 0 unspecified atom stereocenters. The molecule has 316 valence electrons. The van der Waals surface area contributed by atoms with E-state index in [9.17, 15) is 18.5 Å². The summed E-state index contributed by atoms with van der Waals surface area (Å²) in [5.74, 6) is 1.30. The lowest BCUT2D eigenvalue weighted by Gasteiger charge is -2.34. The molecular formula is C46H48ClN7O5S2. The Morgan fingerprint density at radius 1 is 0.885 bits per heavy atom. The Morgan fingerprint density at radius 2 is 1.64 bits per heavy atom. The fourth-order valence-corrected chi connectivity index (χ4v) is 10.2. The molecule has 0 spiro atoms. The van der Waals surface area contributed by atoms with Gasteiger partial charge in [-0.15, -0.1) is 11.8 Å². The summed E-state index contributed by atoms with van der Waals surface area (Å²) < 4.78 is 35.8. The van der Waals surface area contributed by atoms with E-state index in [1.807, 2.05) is 60.7 Å². The molecule has 2 N–H and O–H groups in total. The van der Waals surface area contributed by atoms with E-state index < -0.39 is 14.9 Å². The van der Waals surface area contributed by atoms with Gasteiger partial charge in [0.1, 0.15) is 12.0 Å². The summed E-state index contributed by atoms with van der Waals surface area (Å²) in [7, 11) is -4.27. The number of ether oxygens (including phenoxy) is 1. The van der Waals surface area contributed by atoms with Gasteiger partial charge in [-0.25, -0.2) is 18.4 Å². The van der Waals surface area contributed by atoms with Gasteiger partial charge in [0.15, 0.2) is 5.82 Å². The van der Waals surface area contributed by atoms with Crippen molar-refractivity contribution in [1.29, 1.82) is 0 Å². The van der Waals surface area contributed by atoms with E-state index in [1.165, 1.54) is 29.6 Å². The third kappa shape index (κ3) is 10.8. The second-order valence-electron chi connectivity index (χ2n) is 15.5. The summed E-state index contributed by atoms with van der Waals surface area (Å²) in [6, 6.07) is 36.2. The summed E-state index contributed by atoms with van der Waals surface area (Å²) >= 11 is 7.82. The molecule has 1 atom stereocenters. The van der Waals surface area contributed by atoms with Crippen molar-refractivity contribution in [2.24, 2.45) is 5.92 Å². The SMILES string of the molecule is O=[N+]([O-])c1cc(S(=O)(=O)Nc2ncnc3cc(N4CCC(Cc5ccccc5-c5ccc(Cl)cc5)CC4)ccc23)ccc1N[C@H](CCN1CCOCC1)CSc1ccccc1. The Kier molecular flexibility index (Phi) is 13.7. The maximum absolute atomic E-state index is 13.8. The molecule has 12 nitrogen and oxygen atoms in total. The van der Waals surface area contributed by atoms with Crippen molar-refractivity contribution in [3.8, 4) is 11.1 Å². The van der Waals surface area contributed by atoms with Gasteiger partial charge in [0, 0.05) is 71.6 Å². The van der Waals surface area contributed by atoms with E-state index in [4.69, 9.17) is 16.3 Å². The number of nitro groups is 1. The summed E-state index contributed by atoms with van der Waals surface area (Å²) in [4.78, 5) is 26.2. The molecule has 1 aromatic heterocycles. The molecule has 0 aliphatic carbocycles. The Morgan fingerprint density at radius 3 is 2.41 bits per heavy atom. The topological polar surface area (TPSA) is 143 Å². The van der Waals surface area contributed by atoms with Gasteiger partial charge in [-0.1, -0.05) is 66.2 Å². The average Bonchev–Trinajstić information content (AvgIpc) is 3.28. The number of benzene rings is 5. The van der Waals surface area contributed by atoms with Crippen LogP contribution in [0.4, 0.5) is 22.9 Å². The number of aromatic nitrogens is 2. The van der Waals surface area contributed by atoms with Gasteiger partial charge in [0.05, 0.1) is 28.5 Å². The minimum Gasteiger partial charge on any atom is -0.379 e. The zero-order valence-corrected chi connectivity index (χ0v) is 36.0. The van der Waals surface area contributed by atoms with E-state index in [1.54, 1.807) is 11.8 Å². The molecule has 2 aliphatic rings. The number of rotatable bonds is 16. The number of halogens is 1. The number of hydrogen-bond donors (Lipinski definition) is 2. The summed E-state index contributed by atoms with van der Waals surface area (Å²) in [5, 5.41) is 17.1. The van der Waals surface area contributed by atoms with Crippen LogP contribution in [0, 0.1) is 16.0 Å². The summed E-state index contributed by atoms with van der Waals surface area (Å²) in [5.41, 5.74) is 5.27. The molecule has 2 fully saturated rings.